The lowest BCUT2D eigenvalue weighted by atomic mass is 10.2. The molecule has 0 radical (unpaired) electrons. The highest BCUT2D eigenvalue weighted by Gasteiger charge is 2.24. The molecule has 0 saturated carbocycles. The van der Waals surface area contributed by atoms with E-state index in [0.717, 1.165) is 55.8 Å². The number of nitrogens with one attached hydrogen (secondary N) is 1. The lowest BCUT2D eigenvalue weighted by Gasteiger charge is -2.25. The van der Waals surface area contributed by atoms with E-state index >= 15 is 0 Å². The number of hydrogen-bond acceptors (Lipinski definition) is 6. The van der Waals surface area contributed by atoms with Crippen molar-refractivity contribution in [2.45, 2.75) is 37.1 Å². The molecule has 146 valence electrons. The molecule has 8 heteroatoms. The Morgan fingerprint density at radius 2 is 2.22 bits per heavy atom. The molecule has 1 fully saturated rings. The minimum absolute atomic E-state index is 0.0371. The highest BCUT2D eigenvalue weighted by molar-refractivity contribution is 7.99. The van der Waals surface area contributed by atoms with Gasteiger partial charge in [-0.05, 0) is 24.8 Å². The minimum atomic E-state index is -0.429. The van der Waals surface area contributed by atoms with E-state index in [2.05, 4.69) is 6.58 Å². The Labute approximate surface area is 166 Å². The first-order chi connectivity index (χ1) is 13.2. The number of morpholine rings is 1. The van der Waals surface area contributed by atoms with E-state index in [4.69, 9.17) is 9.72 Å². The molecule has 1 aliphatic heterocycles. The smallest absolute Gasteiger partial charge is 0.263 e. The van der Waals surface area contributed by atoms with Crippen molar-refractivity contribution in [3.05, 3.63) is 33.4 Å². The van der Waals surface area contributed by atoms with Crippen LogP contribution in [0, 0.1) is 0 Å². The third-order valence-corrected chi connectivity index (χ3v) is 7.54. The largest absolute Gasteiger partial charge is 0.386 e. The number of fused-ring (bicyclic) bond motifs is 3. The van der Waals surface area contributed by atoms with E-state index in [1.807, 2.05) is 0 Å². The van der Waals surface area contributed by atoms with Crippen LogP contribution in [0.25, 0.3) is 10.2 Å². The summed E-state index contributed by atoms with van der Waals surface area (Å²) in [4.78, 5) is 21.4. The predicted molar refractivity (Wildman–Crippen MR) is 109 cm³/mol. The van der Waals surface area contributed by atoms with Crippen molar-refractivity contribution in [3.63, 3.8) is 0 Å². The average molecular weight is 409 g/mol. The first-order valence-electron chi connectivity index (χ1n) is 9.55. The molecule has 0 unspecified atom stereocenters. The van der Waals surface area contributed by atoms with Crippen LogP contribution in [0.5, 0.6) is 0 Å². The van der Waals surface area contributed by atoms with Gasteiger partial charge < -0.3 is 14.7 Å². The summed E-state index contributed by atoms with van der Waals surface area (Å²) in [6, 6.07) is 0. The molecule has 1 aliphatic carbocycles. The zero-order chi connectivity index (χ0) is 18.8. The van der Waals surface area contributed by atoms with Crippen molar-refractivity contribution in [1.29, 1.82) is 0 Å². The summed E-state index contributed by atoms with van der Waals surface area (Å²) < 4.78 is 7.08. The fourth-order valence-corrected chi connectivity index (χ4v) is 6.12. The van der Waals surface area contributed by atoms with Crippen molar-refractivity contribution in [1.82, 2.24) is 9.55 Å². The number of aliphatic hydroxyl groups excluding tert-OH is 1. The van der Waals surface area contributed by atoms with Gasteiger partial charge in [0.2, 0.25) is 0 Å². The van der Waals surface area contributed by atoms with Crippen LogP contribution in [0.3, 0.4) is 0 Å². The van der Waals surface area contributed by atoms with E-state index < -0.39 is 6.10 Å². The molecule has 2 aromatic heterocycles. The molecule has 2 N–H and O–H groups in total. The second-order valence-corrected chi connectivity index (χ2v) is 9.24. The number of hydrogen-bond donors (Lipinski definition) is 2. The Kier molecular flexibility index (Phi) is 5.99. The summed E-state index contributed by atoms with van der Waals surface area (Å²) in [5.41, 5.74) is 1.24. The molecule has 1 saturated heterocycles. The van der Waals surface area contributed by atoms with E-state index in [1.165, 1.54) is 27.1 Å². The number of aryl methyl sites for hydroxylation is 2. The van der Waals surface area contributed by atoms with Crippen molar-refractivity contribution in [2.75, 3.05) is 38.6 Å². The van der Waals surface area contributed by atoms with Gasteiger partial charge in [0, 0.05) is 17.2 Å². The van der Waals surface area contributed by atoms with Crippen molar-refractivity contribution >= 4 is 33.3 Å². The monoisotopic (exact) mass is 408 g/mol. The topological polar surface area (TPSA) is 68.8 Å². The molecular formula is C19H26N3O3S2+. The maximum atomic E-state index is 13.1. The Hall–Kier alpha value is -1.19. The lowest BCUT2D eigenvalue weighted by molar-refractivity contribution is -0.910. The standard InChI is InChI=1S/C19H25N3O3S2/c1-2-6-22-18(24)16-14-4-3-5-15(14)27-17(16)20-19(22)26-12-13(23)11-21-7-9-25-10-8-21/h2,13,23H,1,3-12H2/p+1/t13-/m0/s1. The SMILES string of the molecule is C=CCn1c(SC[C@@H](O)C[NH+]2CCOCC2)nc2sc3c(c2c1=O)CCC3. The molecule has 6 nitrogen and oxygen atoms in total. The molecule has 0 spiro atoms. The second-order valence-electron chi connectivity index (χ2n) is 7.17. The summed E-state index contributed by atoms with van der Waals surface area (Å²) in [6.45, 7) is 8.34. The van der Waals surface area contributed by atoms with Gasteiger partial charge in [-0.2, -0.15) is 0 Å². The number of nitrogens with zero attached hydrogens (tertiary/aromatic N) is 2. The number of thioether (sulfide) groups is 1. The number of thiophene rings is 1. The Morgan fingerprint density at radius 3 is 3.00 bits per heavy atom. The number of allylic oxidation sites excluding steroid dienone is 1. The highest BCUT2D eigenvalue weighted by Crippen LogP contribution is 2.35. The van der Waals surface area contributed by atoms with Gasteiger partial charge in [0.25, 0.3) is 5.56 Å². The summed E-state index contributed by atoms with van der Waals surface area (Å²) in [5.74, 6) is 0.532. The Bertz CT molecular complexity index is 886. The van der Waals surface area contributed by atoms with E-state index in [9.17, 15) is 9.90 Å². The lowest BCUT2D eigenvalue weighted by Crippen LogP contribution is -3.15. The molecule has 0 aromatic carbocycles. The van der Waals surface area contributed by atoms with E-state index in [1.54, 1.807) is 22.0 Å². The zero-order valence-corrected chi connectivity index (χ0v) is 17.0. The Balaban J connectivity index is 1.54. The van der Waals surface area contributed by atoms with Crippen LogP contribution >= 0.6 is 23.1 Å². The summed E-state index contributed by atoms with van der Waals surface area (Å²) in [6.07, 6.45) is 4.47. The van der Waals surface area contributed by atoms with E-state index in [0.29, 0.717) is 24.0 Å². The van der Waals surface area contributed by atoms with Crippen LogP contribution in [0.2, 0.25) is 0 Å². The molecule has 2 aliphatic rings. The molecule has 1 atom stereocenters. The second kappa shape index (κ2) is 8.45. The fourth-order valence-electron chi connectivity index (χ4n) is 3.89. The molecule has 4 rings (SSSR count). The van der Waals surface area contributed by atoms with Gasteiger partial charge in [0.1, 0.15) is 30.6 Å². The van der Waals surface area contributed by atoms with Crippen LogP contribution in [0.1, 0.15) is 16.9 Å². The van der Waals surface area contributed by atoms with Crippen molar-refractivity contribution in [2.24, 2.45) is 0 Å². The average Bonchev–Trinajstić information content (AvgIpc) is 3.24. The number of quaternary nitrogens is 1. The number of aliphatic hydroxyl groups is 1. The summed E-state index contributed by atoms with van der Waals surface area (Å²) >= 11 is 3.13. The number of ether oxygens (including phenoxy) is 1. The van der Waals surface area contributed by atoms with Gasteiger partial charge in [-0.25, -0.2) is 4.98 Å². The summed E-state index contributed by atoms with van der Waals surface area (Å²) in [5, 5.41) is 11.9. The fraction of sp³-hybridized carbons (Fsp3) is 0.579. The van der Waals surface area contributed by atoms with Crippen molar-refractivity contribution in [3.8, 4) is 0 Å². The van der Waals surface area contributed by atoms with Gasteiger partial charge in [-0.15, -0.1) is 17.9 Å². The van der Waals surface area contributed by atoms with E-state index in [-0.39, 0.29) is 5.56 Å². The third kappa shape index (κ3) is 4.00. The first kappa shape index (κ1) is 19.1. The van der Waals surface area contributed by atoms with Crippen LogP contribution in [-0.2, 0) is 24.1 Å². The zero-order valence-electron chi connectivity index (χ0n) is 15.4. The number of rotatable bonds is 7. The predicted octanol–water partition coefficient (Wildman–Crippen LogP) is 0.501. The van der Waals surface area contributed by atoms with Gasteiger partial charge in [-0.3, -0.25) is 9.36 Å². The van der Waals surface area contributed by atoms with Crippen LogP contribution in [-0.4, -0.2) is 59.4 Å². The van der Waals surface area contributed by atoms with Gasteiger partial charge in [0.15, 0.2) is 5.16 Å². The first-order valence-corrected chi connectivity index (χ1v) is 11.4. The van der Waals surface area contributed by atoms with Gasteiger partial charge >= 0.3 is 0 Å². The molecule has 0 amide bonds. The minimum Gasteiger partial charge on any atom is -0.386 e. The summed E-state index contributed by atoms with van der Waals surface area (Å²) in [7, 11) is 0. The Morgan fingerprint density at radius 1 is 1.41 bits per heavy atom. The highest BCUT2D eigenvalue weighted by atomic mass is 32.2. The van der Waals surface area contributed by atoms with Crippen LogP contribution in [0.4, 0.5) is 0 Å². The maximum absolute atomic E-state index is 13.1. The third-order valence-electron chi connectivity index (χ3n) is 5.23. The van der Waals surface area contributed by atoms with Crippen molar-refractivity contribution < 1.29 is 14.7 Å². The molecule has 3 heterocycles. The molecular weight excluding hydrogens is 382 g/mol. The van der Waals surface area contributed by atoms with Gasteiger partial charge in [-0.1, -0.05) is 17.8 Å². The number of aromatic nitrogens is 2. The van der Waals surface area contributed by atoms with Crippen LogP contribution < -0.4 is 10.5 Å². The molecule has 27 heavy (non-hydrogen) atoms. The quantitative estimate of drug-likeness (QED) is 0.397. The molecule has 2 aromatic rings. The molecule has 0 bridgehead atoms. The maximum Gasteiger partial charge on any atom is 0.263 e. The van der Waals surface area contributed by atoms with Gasteiger partial charge in [0.05, 0.1) is 18.6 Å². The van der Waals surface area contributed by atoms with Crippen LogP contribution in [0.15, 0.2) is 22.6 Å². The normalized spacial score (nSPS) is 18.7.